The van der Waals surface area contributed by atoms with Crippen LogP contribution >= 0.6 is 0 Å². The van der Waals surface area contributed by atoms with E-state index in [2.05, 4.69) is 30.4 Å². The van der Waals surface area contributed by atoms with E-state index in [1.807, 2.05) is 18.2 Å². The van der Waals surface area contributed by atoms with E-state index in [1.54, 1.807) is 0 Å². The lowest BCUT2D eigenvalue weighted by atomic mass is 10.00. The Morgan fingerprint density at radius 2 is 2.22 bits per heavy atom. The minimum atomic E-state index is 0.129. The van der Waals surface area contributed by atoms with Crippen LogP contribution in [0.5, 0.6) is 0 Å². The van der Waals surface area contributed by atoms with Gasteiger partial charge >= 0.3 is 0 Å². The van der Waals surface area contributed by atoms with Gasteiger partial charge in [0.15, 0.2) is 0 Å². The zero-order valence-corrected chi connectivity index (χ0v) is 10.8. The molecular formula is C15H20N2O. The quantitative estimate of drug-likeness (QED) is 0.866. The highest BCUT2D eigenvalue weighted by Crippen LogP contribution is 2.22. The maximum absolute atomic E-state index is 8.93. The Morgan fingerprint density at radius 3 is 2.83 bits per heavy atom. The molecule has 1 aromatic rings. The molecule has 1 fully saturated rings. The highest BCUT2D eigenvalue weighted by atomic mass is 16.5. The summed E-state index contributed by atoms with van der Waals surface area (Å²) in [6.07, 6.45) is 1.95. The van der Waals surface area contributed by atoms with Crippen LogP contribution in [0.15, 0.2) is 30.3 Å². The average molecular weight is 244 g/mol. The standard InChI is InChI=1S/C15H20N2O/c1-12-14(8-10-18-12)11-17-15(7-9-16)13-5-3-2-4-6-13/h2-6,12,14-15,17H,7-8,10-11H2,1H3. The molecule has 1 N–H and O–H groups in total. The third-order valence-corrected chi connectivity index (χ3v) is 3.66. The van der Waals surface area contributed by atoms with E-state index in [0.717, 1.165) is 19.6 Å². The molecule has 0 spiro atoms. The van der Waals surface area contributed by atoms with Gasteiger partial charge < -0.3 is 10.1 Å². The highest BCUT2D eigenvalue weighted by molar-refractivity contribution is 5.19. The van der Waals surface area contributed by atoms with Gasteiger partial charge in [0.25, 0.3) is 0 Å². The van der Waals surface area contributed by atoms with Gasteiger partial charge in [0.2, 0.25) is 0 Å². The Morgan fingerprint density at radius 1 is 1.44 bits per heavy atom. The first-order valence-electron chi connectivity index (χ1n) is 6.58. The Labute approximate surface area is 109 Å². The normalized spacial score (nSPS) is 24.7. The number of ether oxygens (including phenoxy) is 1. The minimum Gasteiger partial charge on any atom is -0.378 e. The third-order valence-electron chi connectivity index (χ3n) is 3.66. The lowest BCUT2D eigenvalue weighted by molar-refractivity contribution is 0.105. The molecule has 18 heavy (non-hydrogen) atoms. The molecule has 1 aliphatic rings. The summed E-state index contributed by atoms with van der Waals surface area (Å²) in [7, 11) is 0. The largest absolute Gasteiger partial charge is 0.378 e. The smallest absolute Gasteiger partial charge is 0.0641 e. The molecule has 3 nitrogen and oxygen atoms in total. The second kappa shape index (κ2) is 6.53. The molecule has 2 rings (SSSR count). The van der Waals surface area contributed by atoms with Crippen LogP contribution < -0.4 is 5.32 Å². The molecule has 0 amide bonds. The fourth-order valence-electron chi connectivity index (χ4n) is 2.42. The maximum Gasteiger partial charge on any atom is 0.0641 e. The van der Waals surface area contributed by atoms with Crippen LogP contribution in [0.3, 0.4) is 0 Å². The number of hydrogen-bond acceptors (Lipinski definition) is 3. The van der Waals surface area contributed by atoms with Gasteiger partial charge in [-0.1, -0.05) is 30.3 Å². The average Bonchev–Trinajstić information content (AvgIpc) is 2.81. The topological polar surface area (TPSA) is 45.0 Å². The molecule has 3 heteroatoms. The molecule has 1 saturated heterocycles. The highest BCUT2D eigenvalue weighted by Gasteiger charge is 2.24. The van der Waals surface area contributed by atoms with Crippen LogP contribution in [-0.4, -0.2) is 19.3 Å². The zero-order chi connectivity index (χ0) is 12.8. The molecule has 0 bridgehead atoms. The summed E-state index contributed by atoms with van der Waals surface area (Å²) in [4.78, 5) is 0. The molecule has 0 saturated carbocycles. The summed E-state index contributed by atoms with van der Waals surface area (Å²) in [6.45, 7) is 3.91. The van der Waals surface area contributed by atoms with E-state index in [-0.39, 0.29) is 6.04 Å². The number of nitrogens with one attached hydrogen (secondary N) is 1. The number of rotatable bonds is 5. The van der Waals surface area contributed by atoms with Gasteiger partial charge in [0.1, 0.15) is 0 Å². The van der Waals surface area contributed by atoms with E-state index < -0.39 is 0 Å². The summed E-state index contributed by atoms with van der Waals surface area (Å²) < 4.78 is 5.56. The van der Waals surface area contributed by atoms with E-state index >= 15 is 0 Å². The Kier molecular flexibility index (Phi) is 4.74. The van der Waals surface area contributed by atoms with Crippen molar-refractivity contribution in [2.75, 3.05) is 13.2 Å². The second-order valence-corrected chi connectivity index (χ2v) is 4.86. The first kappa shape index (κ1) is 13.1. The number of nitriles is 1. The van der Waals surface area contributed by atoms with E-state index in [0.29, 0.717) is 18.4 Å². The van der Waals surface area contributed by atoms with Crippen LogP contribution in [0.25, 0.3) is 0 Å². The number of nitrogens with zero attached hydrogens (tertiary/aromatic N) is 1. The summed E-state index contributed by atoms with van der Waals surface area (Å²) in [6, 6.07) is 12.6. The van der Waals surface area contributed by atoms with Gasteiger partial charge in [-0.3, -0.25) is 0 Å². The molecule has 96 valence electrons. The van der Waals surface area contributed by atoms with Crippen molar-refractivity contribution in [3.63, 3.8) is 0 Å². The SMILES string of the molecule is CC1OCCC1CNC(CC#N)c1ccccc1. The van der Waals surface area contributed by atoms with E-state index in [1.165, 1.54) is 5.56 Å². The molecule has 1 aliphatic heterocycles. The molecule has 3 unspecified atom stereocenters. The van der Waals surface area contributed by atoms with Crippen molar-refractivity contribution in [2.45, 2.75) is 31.9 Å². The summed E-state index contributed by atoms with van der Waals surface area (Å²) in [5, 5.41) is 12.4. The lowest BCUT2D eigenvalue weighted by Crippen LogP contribution is -2.30. The first-order chi connectivity index (χ1) is 8.81. The molecule has 0 aliphatic carbocycles. The Balaban J connectivity index is 1.93. The van der Waals surface area contributed by atoms with Crippen molar-refractivity contribution in [1.82, 2.24) is 5.32 Å². The van der Waals surface area contributed by atoms with Crippen molar-refractivity contribution in [3.8, 4) is 6.07 Å². The second-order valence-electron chi connectivity index (χ2n) is 4.86. The third kappa shape index (κ3) is 3.32. The van der Waals surface area contributed by atoms with Crippen LogP contribution in [0, 0.1) is 17.2 Å². The predicted molar refractivity (Wildman–Crippen MR) is 70.9 cm³/mol. The number of benzene rings is 1. The van der Waals surface area contributed by atoms with Gasteiger partial charge in [0, 0.05) is 19.2 Å². The minimum absolute atomic E-state index is 0.129. The van der Waals surface area contributed by atoms with Gasteiger partial charge in [0.05, 0.1) is 18.6 Å². The number of hydrogen-bond donors (Lipinski definition) is 1. The van der Waals surface area contributed by atoms with Crippen molar-refractivity contribution in [2.24, 2.45) is 5.92 Å². The Hall–Kier alpha value is -1.37. The van der Waals surface area contributed by atoms with Crippen LogP contribution in [-0.2, 0) is 4.74 Å². The molecule has 1 heterocycles. The monoisotopic (exact) mass is 244 g/mol. The Bertz CT molecular complexity index is 399. The maximum atomic E-state index is 8.93. The van der Waals surface area contributed by atoms with Crippen LogP contribution in [0.2, 0.25) is 0 Å². The fraction of sp³-hybridized carbons (Fsp3) is 0.533. The molecule has 1 aromatic carbocycles. The summed E-state index contributed by atoms with van der Waals surface area (Å²) >= 11 is 0. The van der Waals surface area contributed by atoms with E-state index in [4.69, 9.17) is 10.00 Å². The molecule has 0 aromatic heterocycles. The summed E-state index contributed by atoms with van der Waals surface area (Å²) in [5.74, 6) is 0.565. The van der Waals surface area contributed by atoms with Crippen LogP contribution in [0.4, 0.5) is 0 Å². The predicted octanol–water partition coefficient (Wildman–Crippen LogP) is 2.66. The molecule has 0 radical (unpaired) electrons. The molecule has 3 atom stereocenters. The van der Waals surface area contributed by atoms with Gasteiger partial charge in [-0.15, -0.1) is 0 Å². The molecular weight excluding hydrogens is 224 g/mol. The van der Waals surface area contributed by atoms with Gasteiger partial charge in [-0.2, -0.15) is 5.26 Å². The van der Waals surface area contributed by atoms with Crippen molar-refractivity contribution in [1.29, 1.82) is 5.26 Å². The zero-order valence-electron chi connectivity index (χ0n) is 10.8. The van der Waals surface area contributed by atoms with Crippen LogP contribution in [0.1, 0.15) is 31.4 Å². The fourth-order valence-corrected chi connectivity index (χ4v) is 2.42. The van der Waals surface area contributed by atoms with Crippen molar-refractivity contribution < 1.29 is 4.74 Å². The lowest BCUT2D eigenvalue weighted by Gasteiger charge is -2.20. The van der Waals surface area contributed by atoms with Gasteiger partial charge in [-0.05, 0) is 24.8 Å². The van der Waals surface area contributed by atoms with E-state index in [9.17, 15) is 0 Å². The van der Waals surface area contributed by atoms with Crippen molar-refractivity contribution in [3.05, 3.63) is 35.9 Å². The van der Waals surface area contributed by atoms with Gasteiger partial charge in [-0.25, -0.2) is 0 Å². The van der Waals surface area contributed by atoms with Crippen molar-refractivity contribution >= 4 is 0 Å². The summed E-state index contributed by atoms with van der Waals surface area (Å²) in [5.41, 5.74) is 1.19. The first-order valence-corrected chi connectivity index (χ1v) is 6.58.